The van der Waals surface area contributed by atoms with Crippen LogP contribution in [0, 0.1) is 17.2 Å². The lowest BCUT2D eigenvalue weighted by Crippen LogP contribution is -2.35. The van der Waals surface area contributed by atoms with Gasteiger partial charge >= 0.3 is 0 Å². The van der Waals surface area contributed by atoms with Crippen molar-refractivity contribution >= 4 is 22.8 Å². The minimum absolute atomic E-state index is 0.379. The Hall–Kier alpha value is -3.21. The van der Waals surface area contributed by atoms with Crippen LogP contribution in [0.1, 0.15) is 36.7 Å². The Labute approximate surface area is 165 Å². The Morgan fingerprint density at radius 2 is 1.79 bits per heavy atom. The summed E-state index contributed by atoms with van der Waals surface area (Å²) in [6.45, 7) is 6.75. The van der Waals surface area contributed by atoms with E-state index in [4.69, 9.17) is 16.1 Å². The van der Waals surface area contributed by atoms with Crippen LogP contribution >= 0.6 is 0 Å². The molecule has 3 rings (SSSR count). The maximum atomic E-state index is 12.5. The Kier molecular flexibility index (Phi) is 5.73. The van der Waals surface area contributed by atoms with E-state index in [-0.39, 0.29) is 5.96 Å². The van der Waals surface area contributed by atoms with Crippen molar-refractivity contribution < 1.29 is 4.79 Å². The van der Waals surface area contributed by atoms with Crippen LogP contribution < -0.4 is 11.1 Å². The summed E-state index contributed by atoms with van der Waals surface area (Å²) >= 11 is 0. The van der Waals surface area contributed by atoms with Gasteiger partial charge in [0.05, 0.1) is 16.8 Å². The molecule has 0 bridgehead atoms. The van der Waals surface area contributed by atoms with E-state index in [9.17, 15) is 4.79 Å². The molecule has 0 fully saturated rings. The molecule has 1 atom stereocenters. The molecule has 0 radical (unpaired) electrons. The average molecular weight is 374 g/mol. The number of nitrogens with zero attached hydrogens (tertiary/aromatic N) is 1. The summed E-state index contributed by atoms with van der Waals surface area (Å²) in [5.41, 5.74) is 9.48. The number of carbonyl (C=O) groups excluding carboxylic acids is 1. The SMILES string of the molecule is CC(C)C(C)Cc1ccc(-c2cc(C(=O)NC(=N)N)c3ccccc3n2)cc1. The van der Waals surface area contributed by atoms with Gasteiger partial charge in [0, 0.05) is 10.9 Å². The molecule has 5 nitrogen and oxygen atoms in total. The summed E-state index contributed by atoms with van der Waals surface area (Å²) in [5.74, 6) is 0.474. The Morgan fingerprint density at radius 1 is 1.11 bits per heavy atom. The minimum Gasteiger partial charge on any atom is -0.370 e. The third-order valence-electron chi connectivity index (χ3n) is 5.15. The van der Waals surface area contributed by atoms with Gasteiger partial charge in [-0.1, -0.05) is 63.2 Å². The first-order valence-electron chi connectivity index (χ1n) is 9.49. The van der Waals surface area contributed by atoms with Crippen molar-refractivity contribution in [1.29, 1.82) is 5.41 Å². The van der Waals surface area contributed by atoms with E-state index in [1.54, 1.807) is 6.07 Å². The maximum Gasteiger partial charge on any atom is 0.258 e. The number of nitrogens with two attached hydrogens (primary N) is 1. The maximum absolute atomic E-state index is 12.5. The van der Waals surface area contributed by atoms with Gasteiger partial charge in [0.15, 0.2) is 5.96 Å². The monoisotopic (exact) mass is 374 g/mol. The molecule has 28 heavy (non-hydrogen) atoms. The normalized spacial score (nSPS) is 12.1. The number of benzene rings is 2. The number of aromatic nitrogens is 1. The lowest BCUT2D eigenvalue weighted by atomic mass is 9.90. The molecule has 0 spiro atoms. The van der Waals surface area contributed by atoms with Crippen LogP contribution in [0.25, 0.3) is 22.2 Å². The molecule has 0 aliphatic carbocycles. The zero-order valence-electron chi connectivity index (χ0n) is 16.5. The minimum atomic E-state index is -0.408. The van der Waals surface area contributed by atoms with E-state index >= 15 is 0 Å². The number of hydrogen-bond donors (Lipinski definition) is 3. The second kappa shape index (κ2) is 8.21. The molecule has 0 saturated heterocycles. The number of rotatable bonds is 5. The summed E-state index contributed by atoms with van der Waals surface area (Å²) < 4.78 is 0. The van der Waals surface area contributed by atoms with Crippen molar-refractivity contribution in [3.8, 4) is 11.3 Å². The molecule has 1 amide bonds. The quantitative estimate of drug-likeness (QED) is 0.458. The van der Waals surface area contributed by atoms with E-state index in [1.165, 1.54) is 5.56 Å². The molecule has 1 heterocycles. The Morgan fingerprint density at radius 3 is 2.43 bits per heavy atom. The van der Waals surface area contributed by atoms with E-state index in [0.717, 1.165) is 28.6 Å². The van der Waals surface area contributed by atoms with Crippen molar-refractivity contribution in [2.45, 2.75) is 27.2 Å². The van der Waals surface area contributed by atoms with Crippen molar-refractivity contribution in [2.75, 3.05) is 0 Å². The number of guanidine groups is 1. The first kappa shape index (κ1) is 19.5. The first-order chi connectivity index (χ1) is 13.3. The lowest BCUT2D eigenvalue weighted by Gasteiger charge is -2.15. The third kappa shape index (κ3) is 4.36. The molecule has 5 heteroatoms. The molecule has 3 aromatic rings. The zero-order chi connectivity index (χ0) is 20.3. The summed E-state index contributed by atoms with van der Waals surface area (Å²) in [6.07, 6.45) is 1.04. The average Bonchev–Trinajstić information content (AvgIpc) is 2.67. The van der Waals surface area contributed by atoms with Gasteiger partial charge in [0.1, 0.15) is 0 Å². The third-order valence-corrected chi connectivity index (χ3v) is 5.15. The summed E-state index contributed by atoms with van der Waals surface area (Å²) in [5, 5.41) is 10.4. The molecular weight excluding hydrogens is 348 g/mol. The second-order valence-corrected chi connectivity index (χ2v) is 7.56. The van der Waals surface area contributed by atoms with E-state index in [0.29, 0.717) is 17.4 Å². The highest BCUT2D eigenvalue weighted by molar-refractivity contribution is 6.12. The van der Waals surface area contributed by atoms with Gasteiger partial charge in [-0.15, -0.1) is 0 Å². The number of fused-ring (bicyclic) bond motifs is 1. The van der Waals surface area contributed by atoms with E-state index in [1.807, 2.05) is 36.4 Å². The molecule has 2 aromatic carbocycles. The zero-order valence-corrected chi connectivity index (χ0v) is 16.5. The smallest absolute Gasteiger partial charge is 0.258 e. The predicted molar refractivity (Wildman–Crippen MR) is 114 cm³/mol. The van der Waals surface area contributed by atoms with Crippen LogP contribution in [0.2, 0.25) is 0 Å². The molecule has 1 aromatic heterocycles. The highest BCUT2D eigenvalue weighted by Gasteiger charge is 2.15. The summed E-state index contributed by atoms with van der Waals surface area (Å²) in [6, 6.07) is 17.6. The largest absolute Gasteiger partial charge is 0.370 e. The topological polar surface area (TPSA) is 91.9 Å². The number of amides is 1. The fourth-order valence-electron chi connectivity index (χ4n) is 3.12. The highest BCUT2D eigenvalue weighted by Crippen LogP contribution is 2.26. The van der Waals surface area contributed by atoms with Crippen LogP contribution in [0.5, 0.6) is 0 Å². The van der Waals surface area contributed by atoms with E-state index < -0.39 is 5.91 Å². The number of nitrogens with one attached hydrogen (secondary N) is 2. The summed E-state index contributed by atoms with van der Waals surface area (Å²) in [7, 11) is 0. The van der Waals surface area contributed by atoms with E-state index in [2.05, 4.69) is 38.2 Å². The van der Waals surface area contributed by atoms with Crippen LogP contribution in [0.3, 0.4) is 0 Å². The molecule has 1 unspecified atom stereocenters. The van der Waals surface area contributed by atoms with Gasteiger partial charge in [-0.2, -0.15) is 0 Å². The molecule has 0 aliphatic heterocycles. The summed E-state index contributed by atoms with van der Waals surface area (Å²) in [4.78, 5) is 17.3. The lowest BCUT2D eigenvalue weighted by molar-refractivity contribution is 0.0978. The molecule has 0 saturated carbocycles. The second-order valence-electron chi connectivity index (χ2n) is 7.56. The fourth-order valence-corrected chi connectivity index (χ4v) is 3.12. The number of hydrogen-bond acceptors (Lipinski definition) is 3. The van der Waals surface area contributed by atoms with Crippen molar-refractivity contribution in [3.05, 3.63) is 65.7 Å². The predicted octanol–water partition coefficient (Wildman–Crippen LogP) is 4.36. The van der Waals surface area contributed by atoms with Gasteiger partial charge in [-0.3, -0.25) is 15.5 Å². The van der Waals surface area contributed by atoms with Gasteiger partial charge in [0.2, 0.25) is 0 Å². The van der Waals surface area contributed by atoms with Crippen LogP contribution in [-0.4, -0.2) is 16.9 Å². The number of carbonyl (C=O) groups is 1. The van der Waals surface area contributed by atoms with Crippen molar-refractivity contribution in [1.82, 2.24) is 10.3 Å². The molecule has 144 valence electrons. The molecular formula is C23H26N4O. The fraction of sp³-hybridized carbons (Fsp3) is 0.261. The van der Waals surface area contributed by atoms with Crippen LogP contribution in [-0.2, 0) is 6.42 Å². The van der Waals surface area contributed by atoms with Gasteiger partial charge in [-0.25, -0.2) is 4.98 Å². The highest BCUT2D eigenvalue weighted by atomic mass is 16.1. The van der Waals surface area contributed by atoms with Crippen molar-refractivity contribution in [3.63, 3.8) is 0 Å². The van der Waals surface area contributed by atoms with Gasteiger partial charge in [0.25, 0.3) is 5.91 Å². The standard InChI is InChI=1S/C23H26N4O/c1-14(2)15(3)12-16-8-10-17(11-9-16)21-13-19(22(28)27-23(24)25)18-6-4-5-7-20(18)26-21/h4-11,13-15H,12H2,1-3H3,(H4,24,25,27,28). The van der Waals surface area contributed by atoms with Gasteiger partial charge < -0.3 is 5.73 Å². The van der Waals surface area contributed by atoms with Crippen LogP contribution in [0.4, 0.5) is 0 Å². The molecule has 0 aliphatic rings. The Balaban J connectivity index is 1.99. The van der Waals surface area contributed by atoms with Crippen molar-refractivity contribution in [2.24, 2.45) is 17.6 Å². The van der Waals surface area contributed by atoms with Gasteiger partial charge in [-0.05, 0) is 36.0 Å². The number of para-hydroxylation sites is 1. The van der Waals surface area contributed by atoms with Crippen LogP contribution in [0.15, 0.2) is 54.6 Å². The first-order valence-corrected chi connectivity index (χ1v) is 9.49. The molecule has 4 N–H and O–H groups in total. The number of pyridine rings is 1. The Bertz CT molecular complexity index is 1010.